The zero-order valence-corrected chi connectivity index (χ0v) is 18.2. The molecule has 0 aliphatic rings. The zero-order chi connectivity index (χ0) is 24.4. The van der Waals surface area contributed by atoms with E-state index in [1.807, 2.05) is 18.2 Å². The standard InChI is InChI=1S/C23H18N8O4/c32-22(20-12-25-18-3-1-2-4-19(18)28-20)24-9-10-30-21-17(11-27-30)23(33)29(14-26-21)13-15-5-7-16(8-6-15)31(34)35/h1-8,11-12,14H,9-10,13H2,(H,24,32). The van der Waals surface area contributed by atoms with Crippen LogP contribution in [0.5, 0.6) is 0 Å². The molecule has 0 unspecified atom stereocenters. The third-order valence-corrected chi connectivity index (χ3v) is 5.41. The Hall–Kier alpha value is -5.00. The number of aromatic nitrogens is 6. The van der Waals surface area contributed by atoms with Crippen LogP contribution in [0.2, 0.25) is 0 Å². The van der Waals surface area contributed by atoms with Crippen molar-refractivity contribution >= 4 is 33.7 Å². The van der Waals surface area contributed by atoms with E-state index < -0.39 is 4.92 Å². The van der Waals surface area contributed by atoms with Gasteiger partial charge in [0, 0.05) is 18.7 Å². The molecule has 3 aromatic heterocycles. The third-order valence-electron chi connectivity index (χ3n) is 5.41. The van der Waals surface area contributed by atoms with Gasteiger partial charge in [0.05, 0.1) is 41.4 Å². The molecule has 0 aliphatic heterocycles. The molecule has 5 rings (SSSR count). The van der Waals surface area contributed by atoms with Crippen LogP contribution in [-0.2, 0) is 13.1 Å². The van der Waals surface area contributed by atoms with Gasteiger partial charge in [0.2, 0.25) is 0 Å². The van der Waals surface area contributed by atoms with E-state index in [2.05, 4.69) is 25.4 Å². The van der Waals surface area contributed by atoms with Crippen molar-refractivity contribution in [1.82, 2.24) is 34.6 Å². The van der Waals surface area contributed by atoms with Gasteiger partial charge in [0.25, 0.3) is 17.2 Å². The molecule has 12 heteroatoms. The normalized spacial score (nSPS) is 11.1. The minimum absolute atomic E-state index is 0.0179. The number of nitro groups is 1. The number of para-hydroxylation sites is 2. The summed E-state index contributed by atoms with van der Waals surface area (Å²) in [6.45, 7) is 0.764. The van der Waals surface area contributed by atoms with Crippen molar-refractivity contribution < 1.29 is 9.72 Å². The highest BCUT2D eigenvalue weighted by atomic mass is 16.6. The van der Waals surface area contributed by atoms with Gasteiger partial charge < -0.3 is 5.32 Å². The van der Waals surface area contributed by atoms with Crippen LogP contribution in [-0.4, -0.2) is 46.7 Å². The lowest BCUT2D eigenvalue weighted by Gasteiger charge is -2.08. The lowest BCUT2D eigenvalue weighted by atomic mass is 10.2. The molecule has 0 spiro atoms. The van der Waals surface area contributed by atoms with Gasteiger partial charge in [0.15, 0.2) is 5.65 Å². The Balaban J connectivity index is 1.26. The Morgan fingerprint density at radius 2 is 1.80 bits per heavy atom. The predicted molar refractivity (Wildman–Crippen MR) is 126 cm³/mol. The first-order chi connectivity index (χ1) is 17.0. The van der Waals surface area contributed by atoms with Crippen molar-refractivity contribution in [1.29, 1.82) is 0 Å². The Bertz CT molecular complexity index is 1620. The molecule has 0 radical (unpaired) electrons. The van der Waals surface area contributed by atoms with Crippen molar-refractivity contribution in [3.8, 4) is 0 Å². The lowest BCUT2D eigenvalue weighted by molar-refractivity contribution is -0.384. The topological polar surface area (TPSA) is 151 Å². The number of hydrogen-bond donors (Lipinski definition) is 1. The molecule has 5 aromatic rings. The van der Waals surface area contributed by atoms with Crippen LogP contribution in [0.15, 0.2) is 72.0 Å². The van der Waals surface area contributed by atoms with Crippen LogP contribution in [0.3, 0.4) is 0 Å². The number of nitrogens with zero attached hydrogens (tertiary/aromatic N) is 7. The first-order valence-corrected chi connectivity index (χ1v) is 10.6. The molecule has 1 N–H and O–H groups in total. The van der Waals surface area contributed by atoms with E-state index in [1.54, 1.807) is 22.9 Å². The van der Waals surface area contributed by atoms with E-state index in [0.717, 1.165) is 5.56 Å². The summed E-state index contributed by atoms with van der Waals surface area (Å²) in [6.07, 6.45) is 4.27. The van der Waals surface area contributed by atoms with Crippen molar-refractivity contribution in [3.05, 3.63) is 99.0 Å². The van der Waals surface area contributed by atoms with E-state index in [-0.39, 0.29) is 35.9 Å². The Morgan fingerprint density at radius 3 is 2.57 bits per heavy atom. The molecule has 3 heterocycles. The fourth-order valence-corrected chi connectivity index (χ4v) is 3.63. The smallest absolute Gasteiger partial charge is 0.271 e. The van der Waals surface area contributed by atoms with Crippen molar-refractivity contribution in [3.63, 3.8) is 0 Å². The quantitative estimate of drug-likeness (QED) is 0.280. The SMILES string of the molecule is O=C(NCCn1ncc2c(=O)n(Cc3ccc([N+](=O)[O-])cc3)cnc21)c1cnc2ccccc2n1. The molecule has 0 aliphatic carbocycles. The highest BCUT2D eigenvalue weighted by molar-refractivity contribution is 5.93. The van der Waals surface area contributed by atoms with Gasteiger partial charge in [-0.2, -0.15) is 5.10 Å². The Kier molecular flexibility index (Phi) is 5.67. The van der Waals surface area contributed by atoms with E-state index in [1.165, 1.54) is 35.4 Å². The van der Waals surface area contributed by atoms with Crippen molar-refractivity contribution in [2.75, 3.05) is 6.54 Å². The number of nitrogens with one attached hydrogen (secondary N) is 1. The first kappa shape index (κ1) is 21.8. The van der Waals surface area contributed by atoms with Gasteiger partial charge in [-0.15, -0.1) is 0 Å². The first-order valence-electron chi connectivity index (χ1n) is 10.6. The van der Waals surface area contributed by atoms with E-state index in [9.17, 15) is 19.7 Å². The molecular formula is C23H18N8O4. The number of non-ortho nitro benzene ring substituents is 1. The number of amides is 1. The van der Waals surface area contributed by atoms with Crippen LogP contribution in [0, 0.1) is 10.1 Å². The average molecular weight is 470 g/mol. The number of hydrogen-bond acceptors (Lipinski definition) is 8. The Labute approximate surface area is 197 Å². The maximum absolute atomic E-state index is 12.9. The average Bonchev–Trinajstić information content (AvgIpc) is 3.29. The van der Waals surface area contributed by atoms with Gasteiger partial charge in [-0.3, -0.25) is 29.3 Å². The summed E-state index contributed by atoms with van der Waals surface area (Å²) in [7, 11) is 0. The highest BCUT2D eigenvalue weighted by Crippen LogP contribution is 2.13. The molecule has 12 nitrogen and oxygen atoms in total. The Morgan fingerprint density at radius 1 is 1.03 bits per heavy atom. The molecule has 0 bridgehead atoms. The van der Waals surface area contributed by atoms with Crippen LogP contribution in [0.25, 0.3) is 22.1 Å². The monoisotopic (exact) mass is 470 g/mol. The van der Waals surface area contributed by atoms with Gasteiger partial charge in [-0.25, -0.2) is 14.6 Å². The van der Waals surface area contributed by atoms with Crippen LogP contribution in [0.4, 0.5) is 5.69 Å². The maximum atomic E-state index is 12.9. The zero-order valence-electron chi connectivity index (χ0n) is 18.2. The largest absolute Gasteiger partial charge is 0.349 e. The number of nitro benzene ring substituents is 1. The second kappa shape index (κ2) is 9.09. The summed E-state index contributed by atoms with van der Waals surface area (Å²) >= 11 is 0. The minimum Gasteiger partial charge on any atom is -0.349 e. The second-order valence-corrected chi connectivity index (χ2v) is 7.71. The van der Waals surface area contributed by atoms with Crippen LogP contribution >= 0.6 is 0 Å². The fourth-order valence-electron chi connectivity index (χ4n) is 3.63. The molecule has 35 heavy (non-hydrogen) atoms. The van der Waals surface area contributed by atoms with E-state index in [4.69, 9.17) is 0 Å². The van der Waals surface area contributed by atoms with Gasteiger partial charge in [-0.05, 0) is 17.7 Å². The number of carbonyl (C=O) groups is 1. The second-order valence-electron chi connectivity index (χ2n) is 7.71. The third kappa shape index (κ3) is 4.44. The summed E-state index contributed by atoms with van der Waals surface area (Å²) in [4.78, 5) is 48.6. The van der Waals surface area contributed by atoms with Gasteiger partial charge in [0.1, 0.15) is 17.4 Å². The molecule has 0 saturated heterocycles. The summed E-state index contributed by atoms with van der Waals surface area (Å²) in [5.74, 6) is -0.363. The molecule has 0 atom stereocenters. The molecule has 0 fully saturated rings. The highest BCUT2D eigenvalue weighted by Gasteiger charge is 2.13. The number of fused-ring (bicyclic) bond motifs is 2. The summed E-state index contributed by atoms with van der Waals surface area (Å²) in [5.41, 5.74) is 2.37. The molecule has 2 aromatic carbocycles. The number of carbonyl (C=O) groups excluding carboxylic acids is 1. The molecule has 0 saturated carbocycles. The molecular weight excluding hydrogens is 452 g/mol. The maximum Gasteiger partial charge on any atom is 0.271 e. The van der Waals surface area contributed by atoms with Crippen LogP contribution < -0.4 is 10.9 Å². The molecule has 174 valence electrons. The number of rotatable bonds is 7. The van der Waals surface area contributed by atoms with Crippen LogP contribution in [0.1, 0.15) is 16.1 Å². The molecule has 1 amide bonds. The lowest BCUT2D eigenvalue weighted by Crippen LogP contribution is -2.28. The van der Waals surface area contributed by atoms with Gasteiger partial charge in [-0.1, -0.05) is 24.3 Å². The summed E-state index contributed by atoms with van der Waals surface area (Å²) in [6, 6.07) is 13.3. The summed E-state index contributed by atoms with van der Waals surface area (Å²) in [5, 5.41) is 18.2. The van der Waals surface area contributed by atoms with Gasteiger partial charge >= 0.3 is 0 Å². The fraction of sp³-hybridized carbons (Fsp3) is 0.130. The predicted octanol–water partition coefficient (Wildman–Crippen LogP) is 1.92. The van der Waals surface area contributed by atoms with E-state index in [0.29, 0.717) is 28.6 Å². The van der Waals surface area contributed by atoms with Crippen molar-refractivity contribution in [2.24, 2.45) is 0 Å². The minimum atomic E-state index is -0.477. The van der Waals surface area contributed by atoms with E-state index >= 15 is 0 Å². The number of benzene rings is 2. The summed E-state index contributed by atoms with van der Waals surface area (Å²) < 4.78 is 2.95. The van der Waals surface area contributed by atoms with Crippen molar-refractivity contribution in [2.45, 2.75) is 13.1 Å².